The van der Waals surface area contributed by atoms with Crippen LogP contribution in [-0.2, 0) is 0 Å². The molecule has 0 unspecified atom stereocenters. The topological polar surface area (TPSA) is 58.2 Å². The van der Waals surface area contributed by atoms with Crippen molar-refractivity contribution >= 4 is 40.1 Å². The SMILES string of the molecule is Cc1cc(C(C(F)(F)F)C(F)(F)F)ccc1NC(=O)c1cccc(I)c1C(=O)NC(C)(C)CC(C)(C)C. The summed E-state index contributed by atoms with van der Waals surface area (Å²) in [4.78, 5) is 26.3. The van der Waals surface area contributed by atoms with Gasteiger partial charge in [-0.25, -0.2) is 0 Å². The van der Waals surface area contributed by atoms with Crippen molar-refractivity contribution in [2.75, 3.05) is 5.32 Å². The number of nitrogens with one attached hydrogen (secondary N) is 2. The quantitative estimate of drug-likeness (QED) is 0.248. The molecule has 0 bridgehead atoms. The Bertz CT molecular complexity index is 1150. The van der Waals surface area contributed by atoms with E-state index >= 15 is 0 Å². The fourth-order valence-corrected chi connectivity index (χ4v) is 5.19. The van der Waals surface area contributed by atoms with E-state index in [1.165, 1.54) is 13.0 Å². The second-order valence-electron chi connectivity index (χ2n) is 10.8. The largest absolute Gasteiger partial charge is 0.404 e. The molecule has 2 aromatic rings. The van der Waals surface area contributed by atoms with Gasteiger partial charge in [-0.05, 0) is 84.5 Å². The molecule has 0 radical (unpaired) electrons. The maximum absolute atomic E-state index is 13.2. The summed E-state index contributed by atoms with van der Waals surface area (Å²) in [5.74, 6) is -4.85. The molecule has 0 heterocycles. The third-order valence-corrected chi connectivity index (χ3v) is 6.30. The van der Waals surface area contributed by atoms with Crippen molar-refractivity contribution in [1.29, 1.82) is 0 Å². The Balaban J connectivity index is 2.37. The molecule has 0 aromatic heterocycles. The number of carbonyl (C=O) groups is 2. The summed E-state index contributed by atoms with van der Waals surface area (Å²) >= 11 is 1.92. The first-order chi connectivity index (χ1) is 16.6. The van der Waals surface area contributed by atoms with Crippen LogP contribution in [0.25, 0.3) is 0 Å². The van der Waals surface area contributed by atoms with Crippen molar-refractivity contribution in [2.24, 2.45) is 5.41 Å². The Morgan fingerprint density at radius 3 is 1.95 bits per heavy atom. The lowest BCUT2D eigenvalue weighted by molar-refractivity contribution is -0.253. The molecule has 0 saturated heterocycles. The molecular weight excluding hydrogens is 613 g/mol. The van der Waals surface area contributed by atoms with Crippen LogP contribution in [0.1, 0.15) is 78.8 Å². The van der Waals surface area contributed by atoms with E-state index in [-0.39, 0.29) is 27.8 Å². The van der Waals surface area contributed by atoms with Crippen LogP contribution in [-0.4, -0.2) is 29.7 Å². The number of halogens is 7. The van der Waals surface area contributed by atoms with Crippen LogP contribution < -0.4 is 10.6 Å². The van der Waals surface area contributed by atoms with Crippen LogP contribution in [0.5, 0.6) is 0 Å². The van der Waals surface area contributed by atoms with E-state index in [4.69, 9.17) is 0 Å². The van der Waals surface area contributed by atoms with Crippen molar-refractivity contribution in [3.05, 3.63) is 62.2 Å². The number of alkyl halides is 6. The minimum absolute atomic E-state index is 0.00675. The maximum atomic E-state index is 13.2. The van der Waals surface area contributed by atoms with Crippen molar-refractivity contribution in [3.63, 3.8) is 0 Å². The zero-order chi connectivity index (χ0) is 28.6. The molecule has 4 nitrogen and oxygen atoms in total. The highest BCUT2D eigenvalue weighted by atomic mass is 127. The fraction of sp³-hybridized carbons (Fsp3) is 0.462. The summed E-state index contributed by atoms with van der Waals surface area (Å²) in [6.45, 7) is 11.1. The van der Waals surface area contributed by atoms with Gasteiger partial charge in [-0.2, -0.15) is 26.3 Å². The summed E-state index contributed by atoms with van der Waals surface area (Å²) in [6.07, 6.45) is -10.4. The predicted molar refractivity (Wildman–Crippen MR) is 139 cm³/mol. The molecule has 37 heavy (non-hydrogen) atoms. The molecule has 2 N–H and O–H groups in total. The Kier molecular flexibility index (Phi) is 9.04. The first-order valence-corrected chi connectivity index (χ1v) is 12.4. The van der Waals surface area contributed by atoms with Gasteiger partial charge >= 0.3 is 12.4 Å². The third-order valence-electron chi connectivity index (χ3n) is 5.40. The summed E-state index contributed by atoms with van der Waals surface area (Å²) in [7, 11) is 0. The summed E-state index contributed by atoms with van der Waals surface area (Å²) in [5.41, 5.74) is -1.49. The molecule has 0 atom stereocenters. The Morgan fingerprint density at radius 2 is 1.46 bits per heavy atom. The highest BCUT2D eigenvalue weighted by Gasteiger charge is 2.57. The van der Waals surface area contributed by atoms with Crippen LogP contribution >= 0.6 is 22.6 Å². The van der Waals surface area contributed by atoms with Gasteiger partial charge in [-0.3, -0.25) is 9.59 Å². The van der Waals surface area contributed by atoms with Gasteiger partial charge in [0.2, 0.25) is 0 Å². The van der Waals surface area contributed by atoms with Gasteiger partial charge < -0.3 is 10.6 Å². The molecule has 204 valence electrons. The molecule has 2 rings (SSSR count). The molecule has 0 saturated carbocycles. The number of rotatable bonds is 6. The van der Waals surface area contributed by atoms with Crippen molar-refractivity contribution in [2.45, 2.75) is 71.8 Å². The van der Waals surface area contributed by atoms with Crippen LogP contribution in [0, 0.1) is 15.9 Å². The normalized spacial score (nSPS) is 13.0. The van der Waals surface area contributed by atoms with Crippen LogP contribution in [0.2, 0.25) is 0 Å². The third kappa shape index (κ3) is 8.34. The number of hydrogen-bond acceptors (Lipinski definition) is 2. The number of hydrogen-bond donors (Lipinski definition) is 2. The predicted octanol–water partition coefficient (Wildman–Crippen LogP) is 8.00. The number of anilines is 1. The Hall–Kier alpha value is -2.31. The van der Waals surface area contributed by atoms with Gasteiger partial charge in [0.1, 0.15) is 0 Å². The number of amides is 2. The van der Waals surface area contributed by atoms with Gasteiger partial charge in [-0.1, -0.05) is 39.0 Å². The van der Waals surface area contributed by atoms with Crippen molar-refractivity contribution < 1.29 is 35.9 Å². The molecular formula is C26H29F6IN2O2. The lowest BCUT2D eigenvalue weighted by atomic mass is 9.81. The van der Waals surface area contributed by atoms with Crippen molar-refractivity contribution in [3.8, 4) is 0 Å². The summed E-state index contributed by atoms with van der Waals surface area (Å²) in [5, 5.41) is 5.46. The first-order valence-electron chi connectivity index (χ1n) is 11.3. The van der Waals surface area contributed by atoms with Gasteiger partial charge in [0, 0.05) is 14.8 Å². The van der Waals surface area contributed by atoms with E-state index in [0.29, 0.717) is 16.1 Å². The Labute approximate surface area is 225 Å². The van der Waals surface area contributed by atoms with E-state index in [0.717, 1.165) is 12.1 Å². The lowest BCUT2D eigenvalue weighted by Gasteiger charge is -2.33. The van der Waals surface area contributed by atoms with Gasteiger partial charge in [0.05, 0.1) is 11.1 Å². The maximum Gasteiger partial charge on any atom is 0.404 e. The molecule has 11 heteroatoms. The molecule has 0 aliphatic carbocycles. The molecule has 2 aromatic carbocycles. The van der Waals surface area contributed by atoms with E-state index < -0.39 is 41.2 Å². The minimum Gasteiger partial charge on any atom is -0.347 e. The minimum atomic E-state index is -5.53. The van der Waals surface area contributed by atoms with Crippen LogP contribution in [0.3, 0.4) is 0 Å². The van der Waals surface area contributed by atoms with E-state index in [1.807, 2.05) is 57.2 Å². The standard InChI is InChI=1S/C26H29F6IN2O2/c1-14-12-15(20(25(27,28)29)26(30,31)32)10-11-18(14)34-21(36)16-8-7-9-17(33)19(16)22(37)35-24(5,6)13-23(2,3)4/h7-12,20H,13H2,1-6H3,(H,34,36)(H,35,37). The summed E-state index contributed by atoms with van der Waals surface area (Å²) in [6, 6.07) is 7.08. The molecule has 0 spiro atoms. The smallest absolute Gasteiger partial charge is 0.347 e. The molecule has 0 aliphatic heterocycles. The van der Waals surface area contributed by atoms with Gasteiger partial charge in [-0.15, -0.1) is 0 Å². The highest BCUT2D eigenvalue weighted by molar-refractivity contribution is 14.1. The van der Waals surface area contributed by atoms with E-state index in [1.54, 1.807) is 12.1 Å². The molecule has 0 fully saturated rings. The molecule has 2 amide bonds. The van der Waals surface area contributed by atoms with Gasteiger partial charge in [0.25, 0.3) is 11.8 Å². The lowest BCUT2D eigenvalue weighted by Crippen LogP contribution is -2.46. The van der Waals surface area contributed by atoms with Crippen LogP contribution in [0.4, 0.5) is 32.0 Å². The zero-order valence-electron chi connectivity index (χ0n) is 21.2. The van der Waals surface area contributed by atoms with Crippen LogP contribution in [0.15, 0.2) is 36.4 Å². The molecule has 0 aliphatic rings. The van der Waals surface area contributed by atoms with Gasteiger partial charge in [0.15, 0.2) is 5.92 Å². The average molecular weight is 642 g/mol. The Morgan fingerprint density at radius 1 is 0.892 bits per heavy atom. The number of aryl methyl sites for hydroxylation is 1. The average Bonchev–Trinajstić information content (AvgIpc) is 2.65. The van der Waals surface area contributed by atoms with E-state index in [2.05, 4.69) is 10.6 Å². The number of benzene rings is 2. The fourth-order valence-electron chi connectivity index (χ4n) is 4.44. The summed E-state index contributed by atoms with van der Waals surface area (Å²) < 4.78 is 79.1. The highest BCUT2D eigenvalue weighted by Crippen LogP contribution is 2.46. The van der Waals surface area contributed by atoms with E-state index in [9.17, 15) is 35.9 Å². The zero-order valence-corrected chi connectivity index (χ0v) is 23.4. The second-order valence-corrected chi connectivity index (χ2v) is 11.9. The van der Waals surface area contributed by atoms with Crippen molar-refractivity contribution in [1.82, 2.24) is 5.32 Å². The second kappa shape index (κ2) is 10.8. The first kappa shape index (κ1) is 30.9. The monoisotopic (exact) mass is 642 g/mol. The number of carbonyl (C=O) groups excluding carboxylic acids is 2.